The number of rotatable bonds is 6. The molecule has 0 aliphatic carbocycles. The molecule has 0 spiro atoms. The fourth-order valence-corrected chi connectivity index (χ4v) is 2.33. The third kappa shape index (κ3) is 5.38. The molecule has 1 aromatic rings. The first-order chi connectivity index (χ1) is 8.38. The number of hydrogen-bond acceptors (Lipinski definition) is 2. The summed E-state index contributed by atoms with van der Waals surface area (Å²) in [5, 5.41) is 9.56. The van der Waals surface area contributed by atoms with Crippen LogP contribution >= 0.6 is 27.5 Å². The van der Waals surface area contributed by atoms with Gasteiger partial charge >= 0.3 is 5.97 Å². The summed E-state index contributed by atoms with van der Waals surface area (Å²) >= 11 is 9.30. The highest BCUT2D eigenvalue weighted by Crippen LogP contribution is 2.23. The maximum absolute atomic E-state index is 10.8. The summed E-state index contributed by atoms with van der Waals surface area (Å²) in [4.78, 5) is 12.7. The number of carboxylic acids is 1. The summed E-state index contributed by atoms with van der Waals surface area (Å²) in [6, 6.07) is 5.66. The molecule has 0 heterocycles. The normalized spacial score (nSPS) is 11.2. The molecule has 0 unspecified atom stereocenters. The van der Waals surface area contributed by atoms with Gasteiger partial charge in [-0.05, 0) is 39.5 Å². The van der Waals surface area contributed by atoms with Gasteiger partial charge in [0.1, 0.15) is 0 Å². The third-order valence-corrected chi connectivity index (χ3v) is 3.59. The van der Waals surface area contributed by atoms with E-state index in [-0.39, 0.29) is 6.54 Å². The largest absolute Gasteiger partial charge is 0.480 e. The van der Waals surface area contributed by atoms with Crippen molar-refractivity contribution < 1.29 is 9.90 Å². The number of hydrogen-bond donors (Lipinski definition) is 1. The van der Waals surface area contributed by atoms with Crippen molar-refractivity contribution in [1.82, 2.24) is 4.90 Å². The van der Waals surface area contributed by atoms with E-state index in [4.69, 9.17) is 16.7 Å². The van der Waals surface area contributed by atoms with Gasteiger partial charge in [-0.2, -0.15) is 0 Å². The first kappa shape index (κ1) is 15.5. The van der Waals surface area contributed by atoms with E-state index in [0.717, 1.165) is 16.6 Å². The van der Waals surface area contributed by atoms with Crippen LogP contribution in [0.2, 0.25) is 5.02 Å². The van der Waals surface area contributed by atoms with Crippen molar-refractivity contribution in [2.75, 3.05) is 13.1 Å². The number of nitrogens with zero attached hydrogens (tertiary/aromatic N) is 1. The van der Waals surface area contributed by atoms with E-state index >= 15 is 0 Å². The van der Waals surface area contributed by atoms with Gasteiger partial charge in [-0.1, -0.05) is 31.5 Å². The van der Waals surface area contributed by atoms with Gasteiger partial charge in [-0.15, -0.1) is 0 Å². The van der Waals surface area contributed by atoms with Crippen LogP contribution in [0.1, 0.15) is 19.4 Å². The van der Waals surface area contributed by atoms with Gasteiger partial charge in [0.05, 0.1) is 11.6 Å². The molecule has 0 aliphatic rings. The average Bonchev–Trinajstić information content (AvgIpc) is 2.21. The Morgan fingerprint density at radius 2 is 2.17 bits per heavy atom. The highest BCUT2D eigenvalue weighted by atomic mass is 79.9. The molecule has 0 amide bonds. The highest BCUT2D eigenvalue weighted by molar-refractivity contribution is 9.10. The molecule has 0 radical (unpaired) electrons. The van der Waals surface area contributed by atoms with Crippen LogP contribution in [0.3, 0.4) is 0 Å². The minimum absolute atomic E-state index is 0.0540. The van der Waals surface area contributed by atoms with Crippen molar-refractivity contribution in [3.63, 3.8) is 0 Å². The number of halogens is 2. The van der Waals surface area contributed by atoms with Gasteiger partial charge in [0.2, 0.25) is 0 Å². The molecular weight excluding hydrogens is 318 g/mol. The van der Waals surface area contributed by atoms with E-state index in [1.54, 1.807) is 0 Å². The van der Waals surface area contributed by atoms with Crippen LogP contribution < -0.4 is 0 Å². The third-order valence-electron chi connectivity index (χ3n) is 2.37. The lowest BCUT2D eigenvalue weighted by atomic mass is 10.1. The van der Waals surface area contributed by atoms with Crippen LogP contribution in [0.25, 0.3) is 0 Å². The van der Waals surface area contributed by atoms with Crippen molar-refractivity contribution in [2.45, 2.75) is 20.4 Å². The highest BCUT2D eigenvalue weighted by Gasteiger charge is 2.12. The van der Waals surface area contributed by atoms with Crippen molar-refractivity contribution in [3.05, 3.63) is 33.3 Å². The Labute approximate surface area is 121 Å². The van der Waals surface area contributed by atoms with Crippen molar-refractivity contribution in [3.8, 4) is 0 Å². The van der Waals surface area contributed by atoms with Gasteiger partial charge in [-0.3, -0.25) is 9.69 Å². The maximum atomic E-state index is 10.8. The molecule has 1 N–H and O–H groups in total. The van der Waals surface area contributed by atoms with E-state index in [1.807, 2.05) is 23.1 Å². The Bertz CT molecular complexity index is 423. The van der Waals surface area contributed by atoms with Gasteiger partial charge in [0, 0.05) is 17.6 Å². The average molecular weight is 335 g/mol. The van der Waals surface area contributed by atoms with Gasteiger partial charge in [-0.25, -0.2) is 0 Å². The molecule has 0 fully saturated rings. The Morgan fingerprint density at radius 3 is 2.67 bits per heavy atom. The van der Waals surface area contributed by atoms with Crippen molar-refractivity contribution in [2.24, 2.45) is 5.92 Å². The molecule has 3 nitrogen and oxygen atoms in total. The first-order valence-corrected chi connectivity index (χ1v) is 6.93. The summed E-state index contributed by atoms with van der Waals surface area (Å²) in [5.74, 6) is -0.372. The molecular formula is C13H17BrClNO2. The summed E-state index contributed by atoms with van der Waals surface area (Å²) in [6.07, 6.45) is 0. The second kappa shape index (κ2) is 7.12. The van der Waals surface area contributed by atoms with E-state index in [2.05, 4.69) is 29.8 Å². The topological polar surface area (TPSA) is 40.5 Å². The maximum Gasteiger partial charge on any atom is 0.317 e. The SMILES string of the molecule is CC(C)CN(CC(=O)O)Cc1ccc(Cl)c(Br)c1. The minimum atomic E-state index is -0.802. The molecule has 0 aliphatic heterocycles. The van der Waals surface area contributed by atoms with Crippen LogP contribution in [-0.4, -0.2) is 29.1 Å². The molecule has 100 valence electrons. The lowest BCUT2D eigenvalue weighted by Gasteiger charge is -2.22. The molecule has 0 saturated heterocycles. The molecule has 1 rings (SSSR count). The summed E-state index contributed by atoms with van der Waals surface area (Å²) in [7, 11) is 0. The molecule has 0 aromatic heterocycles. The molecule has 1 aromatic carbocycles. The summed E-state index contributed by atoms with van der Waals surface area (Å²) in [5.41, 5.74) is 1.05. The van der Waals surface area contributed by atoms with Crippen molar-refractivity contribution >= 4 is 33.5 Å². The van der Waals surface area contributed by atoms with Gasteiger partial charge < -0.3 is 5.11 Å². The molecule has 0 atom stereocenters. The van der Waals surface area contributed by atoms with Crippen LogP contribution in [0.15, 0.2) is 22.7 Å². The van der Waals surface area contributed by atoms with Gasteiger partial charge in [0.15, 0.2) is 0 Å². The predicted molar refractivity (Wildman–Crippen MR) is 76.9 cm³/mol. The van der Waals surface area contributed by atoms with E-state index < -0.39 is 5.97 Å². The molecule has 0 bridgehead atoms. The Hall–Kier alpha value is -0.580. The second-order valence-electron chi connectivity index (χ2n) is 4.71. The lowest BCUT2D eigenvalue weighted by Crippen LogP contribution is -2.32. The lowest BCUT2D eigenvalue weighted by molar-refractivity contribution is -0.138. The molecule has 5 heteroatoms. The number of carbonyl (C=O) groups is 1. The smallest absolute Gasteiger partial charge is 0.317 e. The van der Waals surface area contributed by atoms with Crippen LogP contribution in [-0.2, 0) is 11.3 Å². The zero-order valence-electron chi connectivity index (χ0n) is 10.5. The quantitative estimate of drug-likeness (QED) is 0.863. The standard InChI is InChI=1S/C13H17BrClNO2/c1-9(2)6-16(8-13(17)18)7-10-3-4-12(15)11(14)5-10/h3-5,9H,6-8H2,1-2H3,(H,17,18). The Morgan fingerprint density at radius 1 is 1.50 bits per heavy atom. The summed E-state index contributed by atoms with van der Waals surface area (Å²) in [6.45, 7) is 5.57. The predicted octanol–water partition coefficient (Wildman–Crippen LogP) is 3.65. The second-order valence-corrected chi connectivity index (χ2v) is 5.97. The van der Waals surface area contributed by atoms with Crippen LogP contribution in [0.5, 0.6) is 0 Å². The first-order valence-electron chi connectivity index (χ1n) is 5.76. The van der Waals surface area contributed by atoms with Crippen LogP contribution in [0.4, 0.5) is 0 Å². The van der Waals surface area contributed by atoms with Crippen LogP contribution in [0, 0.1) is 5.92 Å². The zero-order chi connectivity index (χ0) is 13.7. The minimum Gasteiger partial charge on any atom is -0.480 e. The Kier molecular flexibility index (Phi) is 6.12. The fraction of sp³-hybridized carbons (Fsp3) is 0.462. The number of aliphatic carboxylic acids is 1. The summed E-state index contributed by atoms with van der Waals surface area (Å²) < 4.78 is 0.835. The zero-order valence-corrected chi connectivity index (χ0v) is 12.8. The van der Waals surface area contributed by atoms with Crippen molar-refractivity contribution in [1.29, 1.82) is 0 Å². The monoisotopic (exact) mass is 333 g/mol. The van der Waals surface area contributed by atoms with E-state index in [1.165, 1.54) is 0 Å². The molecule has 18 heavy (non-hydrogen) atoms. The number of benzene rings is 1. The molecule has 0 saturated carbocycles. The number of carboxylic acid groups (broad SMARTS) is 1. The fourth-order valence-electron chi connectivity index (χ4n) is 1.79. The Balaban J connectivity index is 2.74. The van der Waals surface area contributed by atoms with E-state index in [9.17, 15) is 4.79 Å². The van der Waals surface area contributed by atoms with Gasteiger partial charge in [0.25, 0.3) is 0 Å². The van der Waals surface area contributed by atoms with E-state index in [0.29, 0.717) is 17.5 Å².